The number of fused-ring (bicyclic) bond motifs is 5. The Labute approximate surface area is 121 Å². The van der Waals surface area contributed by atoms with Gasteiger partial charge in [0.1, 0.15) is 0 Å². The van der Waals surface area contributed by atoms with Crippen LogP contribution in [0.5, 0.6) is 0 Å². The van der Waals surface area contributed by atoms with Crippen molar-refractivity contribution >= 4 is 10.0 Å². The van der Waals surface area contributed by atoms with Gasteiger partial charge in [-0.1, -0.05) is 0 Å². The number of rotatable bonds is 2. The molecule has 1 N–H and O–H groups in total. The van der Waals surface area contributed by atoms with E-state index in [1.165, 1.54) is 17.1 Å². The van der Waals surface area contributed by atoms with Crippen LogP contribution in [0, 0.1) is 11.8 Å². The SMILES string of the molecule is CN1C(C)(C)C(NC2C[C@@H]3[C@H]2[C@H]2CC[C@@H]3O2)CS1(=O)=O. The lowest BCUT2D eigenvalue weighted by molar-refractivity contribution is 0.0671. The fraction of sp³-hybridized carbons (Fsp3) is 1.00. The molecule has 2 bridgehead atoms. The molecule has 1 aliphatic carbocycles. The highest BCUT2D eigenvalue weighted by atomic mass is 32.2. The van der Waals surface area contributed by atoms with E-state index in [2.05, 4.69) is 5.32 Å². The summed E-state index contributed by atoms with van der Waals surface area (Å²) in [5, 5.41) is 3.65. The fourth-order valence-corrected chi connectivity index (χ4v) is 6.72. The van der Waals surface area contributed by atoms with Crippen LogP contribution >= 0.6 is 0 Å². The Morgan fingerprint density at radius 2 is 1.95 bits per heavy atom. The fourth-order valence-electron chi connectivity index (χ4n) is 4.73. The Kier molecular flexibility index (Phi) is 2.68. The second-order valence-corrected chi connectivity index (χ2v) is 9.54. The van der Waals surface area contributed by atoms with E-state index in [9.17, 15) is 8.42 Å². The molecular weight excluding hydrogens is 276 g/mol. The molecule has 0 aromatic carbocycles. The Morgan fingerprint density at radius 1 is 1.25 bits per heavy atom. The first-order chi connectivity index (χ1) is 9.30. The normalized spacial score (nSPS) is 52.0. The van der Waals surface area contributed by atoms with Crippen molar-refractivity contribution in [2.24, 2.45) is 11.8 Å². The first-order valence-corrected chi connectivity index (χ1v) is 9.30. The molecule has 3 heterocycles. The quantitative estimate of drug-likeness (QED) is 0.810. The average Bonchev–Trinajstić information content (AvgIpc) is 2.92. The van der Waals surface area contributed by atoms with Crippen molar-refractivity contribution in [3.05, 3.63) is 0 Å². The van der Waals surface area contributed by atoms with Gasteiger partial charge in [0.05, 0.1) is 18.0 Å². The number of nitrogens with one attached hydrogen (secondary N) is 1. The highest BCUT2D eigenvalue weighted by Gasteiger charge is 2.60. The van der Waals surface area contributed by atoms with E-state index >= 15 is 0 Å². The van der Waals surface area contributed by atoms with E-state index in [0.29, 0.717) is 24.2 Å². The summed E-state index contributed by atoms with van der Waals surface area (Å²) in [6, 6.07) is 0.462. The summed E-state index contributed by atoms with van der Waals surface area (Å²) in [5.74, 6) is 1.57. The molecule has 0 radical (unpaired) electrons. The van der Waals surface area contributed by atoms with E-state index in [0.717, 1.165) is 12.3 Å². The highest BCUT2D eigenvalue weighted by molar-refractivity contribution is 7.89. The predicted octanol–water partition coefficient (Wildman–Crippen LogP) is 0.564. The monoisotopic (exact) mass is 300 g/mol. The van der Waals surface area contributed by atoms with Crippen molar-refractivity contribution in [3.63, 3.8) is 0 Å². The van der Waals surface area contributed by atoms with Gasteiger partial charge >= 0.3 is 0 Å². The molecule has 114 valence electrons. The van der Waals surface area contributed by atoms with Gasteiger partial charge in [-0.3, -0.25) is 0 Å². The van der Waals surface area contributed by atoms with Gasteiger partial charge in [-0.25, -0.2) is 8.42 Å². The molecule has 0 aromatic rings. The number of hydrogen-bond donors (Lipinski definition) is 1. The van der Waals surface area contributed by atoms with Crippen LogP contribution in [0.4, 0.5) is 0 Å². The molecule has 0 amide bonds. The zero-order valence-corrected chi connectivity index (χ0v) is 13.2. The van der Waals surface area contributed by atoms with Crippen LogP contribution in [-0.4, -0.2) is 55.4 Å². The third kappa shape index (κ3) is 1.62. The van der Waals surface area contributed by atoms with Gasteiger partial charge in [0, 0.05) is 30.6 Å². The van der Waals surface area contributed by atoms with Gasteiger partial charge in [-0.15, -0.1) is 0 Å². The lowest BCUT2D eigenvalue weighted by Gasteiger charge is -2.48. The van der Waals surface area contributed by atoms with Crippen molar-refractivity contribution in [2.45, 2.75) is 62.9 Å². The average molecular weight is 300 g/mol. The van der Waals surface area contributed by atoms with E-state index in [4.69, 9.17) is 4.74 Å². The number of sulfonamides is 1. The Hall–Kier alpha value is -0.170. The first-order valence-electron chi connectivity index (χ1n) is 7.69. The molecule has 4 aliphatic rings. The van der Waals surface area contributed by atoms with Gasteiger partial charge in [0.2, 0.25) is 10.0 Å². The molecule has 2 unspecified atom stereocenters. The standard InChI is InChI=1S/C14H24N2O3S/c1-14(2)12(7-20(17,18)16(14)3)15-9-6-8-10-4-5-11(19-10)13(8)9/h8-13,15H,4-7H2,1-3H3/t8-,9?,10-,11+,12?,13+/m0/s1. The lowest BCUT2D eigenvalue weighted by Crippen LogP contribution is -2.61. The summed E-state index contributed by atoms with van der Waals surface area (Å²) in [5.41, 5.74) is -0.345. The molecule has 4 fully saturated rings. The number of nitrogens with zero attached hydrogens (tertiary/aromatic N) is 1. The predicted molar refractivity (Wildman–Crippen MR) is 75.8 cm³/mol. The van der Waals surface area contributed by atoms with Crippen LogP contribution in [0.3, 0.4) is 0 Å². The third-order valence-corrected chi connectivity index (χ3v) is 8.41. The summed E-state index contributed by atoms with van der Waals surface area (Å²) in [6.45, 7) is 4.03. The molecular formula is C14H24N2O3S. The lowest BCUT2D eigenvalue weighted by atomic mass is 9.62. The summed E-state index contributed by atoms with van der Waals surface area (Å²) >= 11 is 0. The summed E-state index contributed by atoms with van der Waals surface area (Å²) in [6.07, 6.45) is 4.49. The van der Waals surface area contributed by atoms with Crippen LogP contribution in [0.2, 0.25) is 0 Å². The number of ether oxygens (including phenoxy) is 1. The van der Waals surface area contributed by atoms with Crippen molar-refractivity contribution in [2.75, 3.05) is 12.8 Å². The van der Waals surface area contributed by atoms with E-state index < -0.39 is 10.0 Å². The zero-order chi connectivity index (χ0) is 14.3. The molecule has 4 rings (SSSR count). The van der Waals surface area contributed by atoms with Gasteiger partial charge < -0.3 is 10.1 Å². The van der Waals surface area contributed by atoms with Crippen LogP contribution in [0.15, 0.2) is 0 Å². The summed E-state index contributed by atoms with van der Waals surface area (Å²) in [7, 11) is -1.41. The number of likely N-dealkylation sites (N-methyl/N-ethyl adjacent to an activating group) is 1. The van der Waals surface area contributed by atoms with Crippen LogP contribution in [0.25, 0.3) is 0 Å². The molecule has 6 atom stereocenters. The van der Waals surface area contributed by atoms with Crippen molar-refractivity contribution in [3.8, 4) is 0 Å². The molecule has 3 saturated heterocycles. The maximum absolute atomic E-state index is 12.1. The summed E-state index contributed by atoms with van der Waals surface area (Å²) in [4.78, 5) is 0. The Balaban J connectivity index is 1.48. The number of hydrogen-bond acceptors (Lipinski definition) is 4. The maximum atomic E-state index is 12.1. The minimum atomic E-state index is -3.10. The Bertz CT molecular complexity index is 531. The molecule has 0 aromatic heterocycles. The van der Waals surface area contributed by atoms with Crippen molar-refractivity contribution in [1.29, 1.82) is 0 Å². The smallest absolute Gasteiger partial charge is 0.215 e. The van der Waals surface area contributed by atoms with Crippen molar-refractivity contribution < 1.29 is 13.2 Å². The van der Waals surface area contributed by atoms with E-state index in [-0.39, 0.29) is 17.3 Å². The van der Waals surface area contributed by atoms with E-state index in [1.54, 1.807) is 7.05 Å². The van der Waals surface area contributed by atoms with Crippen LogP contribution in [-0.2, 0) is 14.8 Å². The molecule has 5 nitrogen and oxygen atoms in total. The van der Waals surface area contributed by atoms with Crippen molar-refractivity contribution in [1.82, 2.24) is 9.62 Å². The van der Waals surface area contributed by atoms with Gasteiger partial charge in [0.25, 0.3) is 0 Å². The van der Waals surface area contributed by atoms with Gasteiger partial charge in [-0.05, 0) is 39.0 Å². The van der Waals surface area contributed by atoms with E-state index in [1.807, 2.05) is 13.8 Å². The molecule has 0 spiro atoms. The Morgan fingerprint density at radius 3 is 2.55 bits per heavy atom. The summed E-state index contributed by atoms with van der Waals surface area (Å²) < 4.78 is 31.7. The molecule has 20 heavy (non-hydrogen) atoms. The van der Waals surface area contributed by atoms with Crippen LogP contribution in [0.1, 0.15) is 33.1 Å². The van der Waals surface area contributed by atoms with Crippen LogP contribution < -0.4 is 5.32 Å². The largest absolute Gasteiger partial charge is 0.374 e. The highest BCUT2D eigenvalue weighted by Crippen LogP contribution is 2.54. The topological polar surface area (TPSA) is 58.6 Å². The molecule has 3 aliphatic heterocycles. The van der Waals surface area contributed by atoms with Gasteiger partial charge in [-0.2, -0.15) is 4.31 Å². The molecule has 1 saturated carbocycles. The molecule has 6 heteroatoms. The minimum Gasteiger partial charge on any atom is -0.374 e. The second kappa shape index (κ2) is 3.97. The maximum Gasteiger partial charge on any atom is 0.215 e. The first kappa shape index (κ1) is 13.5. The second-order valence-electron chi connectivity index (χ2n) is 7.49. The van der Waals surface area contributed by atoms with Gasteiger partial charge in [0.15, 0.2) is 0 Å². The minimum absolute atomic E-state index is 0.0163. The third-order valence-electron chi connectivity index (χ3n) is 6.35. The zero-order valence-electron chi connectivity index (χ0n) is 12.4.